The summed E-state index contributed by atoms with van der Waals surface area (Å²) in [5, 5.41) is 11.5. The van der Waals surface area contributed by atoms with Crippen LogP contribution in [0.3, 0.4) is 0 Å². The molecule has 2 N–H and O–H groups in total. The number of aliphatic hydroxyl groups excluding tert-OH is 1. The Balaban J connectivity index is 1.78. The van der Waals surface area contributed by atoms with Crippen molar-refractivity contribution in [2.24, 2.45) is 0 Å². The quantitative estimate of drug-likeness (QED) is 0.822. The van der Waals surface area contributed by atoms with Crippen molar-refractivity contribution in [3.05, 3.63) is 22.6 Å². The first kappa shape index (κ1) is 12.1. The highest BCUT2D eigenvalue weighted by atomic mass is 79.9. The van der Waals surface area contributed by atoms with Crippen LogP contribution in [0.1, 0.15) is 10.6 Å². The summed E-state index contributed by atoms with van der Waals surface area (Å²) in [5.41, 5.74) is 0. The lowest BCUT2D eigenvalue weighted by Crippen LogP contribution is -2.55. The number of amides is 2. The Morgan fingerprint density at radius 1 is 1.53 bits per heavy atom. The van der Waals surface area contributed by atoms with E-state index >= 15 is 0 Å². The van der Waals surface area contributed by atoms with E-state index < -0.39 is 12.0 Å². The molecule has 7 heteroatoms. The molecule has 2 rings (SSSR count). The number of nitrogens with one attached hydrogen (secondary N) is 1. The minimum absolute atomic E-state index is 0.0934. The maximum absolute atomic E-state index is 11.5. The molecular formula is C10H11BrN2O4. The summed E-state index contributed by atoms with van der Waals surface area (Å²) in [6.07, 6.45) is -0.435. The van der Waals surface area contributed by atoms with E-state index in [9.17, 15) is 9.59 Å². The van der Waals surface area contributed by atoms with Crippen molar-refractivity contribution in [2.75, 3.05) is 19.6 Å². The summed E-state index contributed by atoms with van der Waals surface area (Å²) in [6.45, 7) is 0.575. The standard InChI is InChI=1S/C10H11BrN2O4/c11-8-2-1-7(17-8)10(16)12-3-9(15)13-4-6(14)5-13/h1-2,6,14H,3-5H2,(H,12,16). The van der Waals surface area contributed by atoms with Crippen LogP contribution in [0.2, 0.25) is 0 Å². The van der Waals surface area contributed by atoms with Gasteiger partial charge in [0.25, 0.3) is 5.91 Å². The molecule has 0 saturated carbocycles. The van der Waals surface area contributed by atoms with Crippen LogP contribution < -0.4 is 5.32 Å². The van der Waals surface area contributed by atoms with Gasteiger partial charge in [-0.3, -0.25) is 9.59 Å². The average Bonchev–Trinajstić information content (AvgIpc) is 2.68. The number of carbonyl (C=O) groups is 2. The van der Waals surface area contributed by atoms with Crippen LogP contribution in [-0.2, 0) is 4.79 Å². The molecule has 17 heavy (non-hydrogen) atoms. The number of carbonyl (C=O) groups excluding carboxylic acids is 2. The molecule has 1 aromatic rings. The molecule has 0 bridgehead atoms. The second-order valence-electron chi connectivity index (χ2n) is 3.74. The van der Waals surface area contributed by atoms with E-state index in [1.807, 2.05) is 0 Å². The van der Waals surface area contributed by atoms with Gasteiger partial charge in [0.05, 0.1) is 12.6 Å². The Morgan fingerprint density at radius 3 is 2.76 bits per heavy atom. The molecule has 0 unspecified atom stereocenters. The SMILES string of the molecule is O=C(NCC(=O)N1CC(O)C1)c1ccc(Br)o1. The summed E-state index contributed by atoms with van der Waals surface area (Å²) in [6, 6.07) is 3.11. The normalized spacial score (nSPS) is 15.5. The highest BCUT2D eigenvalue weighted by Gasteiger charge is 2.28. The molecule has 2 heterocycles. The number of β-amino-alcohol motifs (C(OH)–C–C–N with tert-alkyl or cyclic N) is 1. The van der Waals surface area contributed by atoms with Gasteiger partial charge in [0.1, 0.15) is 0 Å². The number of aliphatic hydroxyl groups is 1. The third-order valence-corrected chi connectivity index (χ3v) is 2.84. The first-order valence-corrected chi connectivity index (χ1v) is 5.85. The van der Waals surface area contributed by atoms with Crippen LogP contribution in [0.4, 0.5) is 0 Å². The third kappa shape index (κ3) is 2.86. The topological polar surface area (TPSA) is 82.8 Å². The first-order valence-electron chi connectivity index (χ1n) is 5.05. The molecule has 1 aliphatic heterocycles. The molecule has 0 aromatic carbocycles. The number of nitrogens with zero attached hydrogens (tertiary/aromatic N) is 1. The van der Waals surface area contributed by atoms with Gasteiger partial charge in [-0.25, -0.2) is 0 Å². The lowest BCUT2D eigenvalue weighted by molar-refractivity contribution is -0.140. The fourth-order valence-corrected chi connectivity index (χ4v) is 1.76. The largest absolute Gasteiger partial charge is 0.444 e. The molecule has 0 atom stereocenters. The summed E-state index contributed by atoms with van der Waals surface area (Å²) in [7, 11) is 0. The van der Waals surface area contributed by atoms with Crippen molar-refractivity contribution in [3.63, 3.8) is 0 Å². The lowest BCUT2D eigenvalue weighted by atomic mass is 10.2. The van der Waals surface area contributed by atoms with E-state index in [1.165, 1.54) is 11.0 Å². The van der Waals surface area contributed by atoms with Gasteiger partial charge in [0.2, 0.25) is 5.91 Å². The summed E-state index contributed by atoms with van der Waals surface area (Å²) in [5.74, 6) is -0.507. The van der Waals surface area contributed by atoms with Crippen LogP contribution >= 0.6 is 15.9 Å². The van der Waals surface area contributed by atoms with Gasteiger partial charge < -0.3 is 19.7 Å². The number of likely N-dealkylation sites (tertiary alicyclic amines) is 1. The number of hydrogen-bond donors (Lipinski definition) is 2. The minimum atomic E-state index is -0.440. The van der Waals surface area contributed by atoms with E-state index in [0.29, 0.717) is 17.8 Å². The van der Waals surface area contributed by atoms with Crippen LogP contribution in [0.5, 0.6) is 0 Å². The molecule has 0 aliphatic carbocycles. The second-order valence-corrected chi connectivity index (χ2v) is 4.52. The second kappa shape index (κ2) is 4.89. The van der Waals surface area contributed by atoms with Crippen LogP contribution in [0.25, 0.3) is 0 Å². The van der Waals surface area contributed by atoms with E-state index in [2.05, 4.69) is 21.2 Å². The molecule has 0 radical (unpaired) electrons. The Hall–Kier alpha value is -1.34. The Kier molecular flexibility index (Phi) is 3.49. The van der Waals surface area contributed by atoms with Gasteiger partial charge in [-0.1, -0.05) is 0 Å². The lowest BCUT2D eigenvalue weighted by Gasteiger charge is -2.35. The van der Waals surface area contributed by atoms with Gasteiger partial charge in [-0.05, 0) is 28.1 Å². The average molecular weight is 303 g/mol. The molecule has 1 aliphatic rings. The monoisotopic (exact) mass is 302 g/mol. The predicted octanol–water partition coefficient (Wildman–Crippen LogP) is -0.0250. The molecule has 1 fully saturated rings. The maximum Gasteiger partial charge on any atom is 0.287 e. The molecule has 0 spiro atoms. The highest BCUT2D eigenvalue weighted by Crippen LogP contribution is 2.13. The van der Waals surface area contributed by atoms with E-state index in [1.54, 1.807) is 6.07 Å². The van der Waals surface area contributed by atoms with E-state index in [-0.39, 0.29) is 18.2 Å². The predicted molar refractivity (Wildman–Crippen MR) is 61.3 cm³/mol. The molecule has 92 valence electrons. The fraction of sp³-hybridized carbons (Fsp3) is 0.400. The molecule has 2 amide bonds. The van der Waals surface area contributed by atoms with Crippen LogP contribution in [-0.4, -0.2) is 47.6 Å². The van der Waals surface area contributed by atoms with E-state index in [4.69, 9.17) is 9.52 Å². The number of halogens is 1. The van der Waals surface area contributed by atoms with Crippen molar-refractivity contribution >= 4 is 27.7 Å². The minimum Gasteiger partial charge on any atom is -0.444 e. The Morgan fingerprint density at radius 2 is 2.24 bits per heavy atom. The van der Waals surface area contributed by atoms with Crippen LogP contribution in [0, 0.1) is 0 Å². The highest BCUT2D eigenvalue weighted by molar-refractivity contribution is 9.10. The zero-order chi connectivity index (χ0) is 12.4. The zero-order valence-corrected chi connectivity index (χ0v) is 10.4. The summed E-state index contributed by atoms with van der Waals surface area (Å²) >= 11 is 3.08. The first-order chi connectivity index (χ1) is 8.06. The molecule has 1 aromatic heterocycles. The van der Waals surface area contributed by atoms with E-state index in [0.717, 1.165) is 0 Å². The van der Waals surface area contributed by atoms with Gasteiger partial charge in [-0.2, -0.15) is 0 Å². The molecular weight excluding hydrogens is 292 g/mol. The smallest absolute Gasteiger partial charge is 0.287 e. The molecule has 1 saturated heterocycles. The van der Waals surface area contributed by atoms with Crippen molar-refractivity contribution in [1.82, 2.24) is 10.2 Å². The Bertz CT molecular complexity index is 439. The van der Waals surface area contributed by atoms with Crippen molar-refractivity contribution in [3.8, 4) is 0 Å². The number of hydrogen-bond acceptors (Lipinski definition) is 4. The zero-order valence-electron chi connectivity index (χ0n) is 8.85. The Labute approximate surface area is 106 Å². The van der Waals surface area contributed by atoms with Gasteiger partial charge in [0, 0.05) is 13.1 Å². The fourth-order valence-electron chi connectivity index (χ4n) is 1.45. The van der Waals surface area contributed by atoms with Gasteiger partial charge >= 0.3 is 0 Å². The van der Waals surface area contributed by atoms with Crippen molar-refractivity contribution < 1.29 is 19.1 Å². The van der Waals surface area contributed by atoms with Gasteiger partial charge in [-0.15, -0.1) is 0 Å². The van der Waals surface area contributed by atoms with Crippen LogP contribution in [0.15, 0.2) is 21.2 Å². The summed E-state index contributed by atoms with van der Waals surface area (Å²) < 4.78 is 5.49. The van der Waals surface area contributed by atoms with Gasteiger partial charge in [0.15, 0.2) is 10.4 Å². The summed E-state index contributed by atoms with van der Waals surface area (Å²) in [4.78, 5) is 24.5. The number of furan rings is 1. The maximum atomic E-state index is 11.5. The van der Waals surface area contributed by atoms with Crippen molar-refractivity contribution in [1.29, 1.82) is 0 Å². The van der Waals surface area contributed by atoms with Crippen molar-refractivity contribution in [2.45, 2.75) is 6.10 Å². The number of rotatable bonds is 3. The third-order valence-electron chi connectivity index (χ3n) is 2.41. The molecule has 6 nitrogen and oxygen atoms in total.